The third-order valence-electron chi connectivity index (χ3n) is 7.30. The summed E-state index contributed by atoms with van der Waals surface area (Å²) in [5, 5.41) is 8.04. The topological polar surface area (TPSA) is 0 Å². The Labute approximate surface area is 209 Å². The summed E-state index contributed by atoms with van der Waals surface area (Å²) in [6.07, 6.45) is 0.960. The highest BCUT2D eigenvalue weighted by Crippen LogP contribution is 2.43. The first-order chi connectivity index (χ1) is 17.3. The van der Waals surface area contributed by atoms with Gasteiger partial charge in [0.15, 0.2) is 0 Å². The zero-order valence-electron chi connectivity index (χ0n) is 19.6. The van der Waals surface area contributed by atoms with E-state index in [1.807, 2.05) is 11.3 Å². The summed E-state index contributed by atoms with van der Waals surface area (Å²) in [5.41, 5.74) is 6.77. The van der Waals surface area contributed by atoms with E-state index in [9.17, 15) is 0 Å². The minimum Gasteiger partial charge on any atom is -0.135 e. The van der Waals surface area contributed by atoms with Gasteiger partial charge < -0.3 is 0 Å². The van der Waals surface area contributed by atoms with Gasteiger partial charge in [0.1, 0.15) is 0 Å². The molecule has 0 unspecified atom stereocenters. The molecule has 1 heterocycles. The third-order valence-corrected chi connectivity index (χ3v) is 8.55. The lowest BCUT2D eigenvalue weighted by Gasteiger charge is -2.14. The van der Waals surface area contributed by atoms with Crippen molar-refractivity contribution < 1.29 is 0 Å². The second kappa shape index (κ2) is 8.08. The molecule has 0 nitrogen and oxygen atoms in total. The fraction of sp³-hybridized carbons (Fsp3) is 0.0588. The van der Waals surface area contributed by atoms with Crippen LogP contribution in [0.1, 0.15) is 16.7 Å². The van der Waals surface area contributed by atoms with Crippen LogP contribution in [0.3, 0.4) is 0 Å². The standard InChI is InChI=1S/C34H24S/c1-22-27(20-19-25-18-17-24-11-5-6-13-28(24)32(22)25)29-14-8-16-31-33(29)30-15-7-12-26(34(30)35-31)21-23-9-3-2-4-10-23/h2-20H,21H2,1H3. The third kappa shape index (κ3) is 3.27. The van der Waals surface area contributed by atoms with Gasteiger partial charge in [-0.1, -0.05) is 109 Å². The van der Waals surface area contributed by atoms with Gasteiger partial charge in [0.05, 0.1) is 0 Å². The molecule has 0 saturated carbocycles. The first kappa shape index (κ1) is 20.4. The van der Waals surface area contributed by atoms with Crippen LogP contribution >= 0.6 is 11.3 Å². The Bertz CT molecular complexity index is 1870. The van der Waals surface area contributed by atoms with Crippen molar-refractivity contribution in [2.45, 2.75) is 13.3 Å². The number of rotatable bonds is 3. The van der Waals surface area contributed by atoms with Crippen molar-refractivity contribution in [3.05, 3.63) is 132 Å². The molecule has 0 bridgehead atoms. The molecule has 0 aliphatic carbocycles. The normalized spacial score (nSPS) is 11.7. The maximum atomic E-state index is 2.32. The molecular formula is C34H24S. The van der Waals surface area contributed by atoms with E-state index in [0.717, 1.165) is 6.42 Å². The Morgan fingerprint density at radius 3 is 2.20 bits per heavy atom. The quantitative estimate of drug-likeness (QED) is 0.228. The van der Waals surface area contributed by atoms with Crippen LogP contribution in [0, 0.1) is 6.92 Å². The smallest absolute Gasteiger partial charge is 0.0391 e. The molecule has 0 aliphatic heterocycles. The van der Waals surface area contributed by atoms with Crippen LogP contribution in [0.5, 0.6) is 0 Å². The predicted octanol–water partition coefficient (Wildman–Crippen LogP) is 9.93. The number of hydrogen-bond donors (Lipinski definition) is 0. The lowest BCUT2D eigenvalue weighted by atomic mass is 9.90. The van der Waals surface area contributed by atoms with Crippen LogP contribution in [-0.4, -0.2) is 0 Å². The summed E-state index contributed by atoms with van der Waals surface area (Å²) < 4.78 is 2.76. The van der Waals surface area contributed by atoms with Gasteiger partial charge >= 0.3 is 0 Å². The second-order valence-electron chi connectivity index (χ2n) is 9.36. The Balaban J connectivity index is 1.49. The molecule has 0 saturated heterocycles. The molecule has 0 N–H and O–H groups in total. The molecule has 0 radical (unpaired) electrons. The van der Waals surface area contributed by atoms with Crippen molar-refractivity contribution >= 4 is 53.1 Å². The fourth-order valence-corrected chi connectivity index (χ4v) is 6.90. The van der Waals surface area contributed by atoms with E-state index in [1.165, 1.54) is 69.5 Å². The average molecular weight is 465 g/mol. The molecule has 6 aromatic carbocycles. The first-order valence-corrected chi connectivity index (χ1v) is 13.0. The van der Waals surface area contributed by atoms with Crippen molar-refractivity contribution in [3.8, 4) is 11.1 Å². The molecule has 1 heteroatoms. The number of fused-ring (bicyclic) bond motifs is 6. The Morgan fingerprint density at radius 1 is 0.543 bits per heavy atom. The number of thiophene rings is 1. The Hall–Kier alpha value is -3.94. The van der Waals surface area contributed by atoms with E-state index < -0.39 is 0 Å². The van der Waals surface area contributed by atoms with Crippen LogP contribution < -0.4 is 0 Å². The molecule has 7 aromatic rings. The average Bonchev–Trinajstić information content (AvgIpc) is 3.29. The van der Waals surface area contributed by atoms with E-state index in [-0.39, 0.29) is 0 Å². The molecule has 1 aromatic heterocycles. The molecule has 0 fully saturated rings. The summed E-state index contributed by atoms with van der Waals surface area (Å²) in [6.45, 7) is 2.29. The lowest BCUT2D eigenvalue weighted by Crippen LogP contribution is -1.89. The minimum absolute atomic E-state index is 0.960. The van der Waals surface area contributed by atoms with Gasteiger partial charge in [-0.3, -0.25) is 0 Å². The van der Waals surface area contributed by atoms with Crippen molar-refractivity contribution in [1.29, 1.82) is 0 Å². The molecule has 166 valence electrons. The van der Waals surface area contributed by atoms with Gasteiger partial charge in [0, 0.05) is 20.2 Å². The van der Waals surface area contributed by atoms with Gasteiger partial charge in [0.25, 0.3) is 0 Å². The van der Waals surface area contributed by atoms with E-state index in [1.54, 1.807) is 0 Å². The second-order valence-corrected chi connectivity index (χ2v) is 10.4. The fourth-order valence-electron chi connectivity index (χ4n) is 5.66. The van der Waals surface area contributed by atoms with Crippen molar-refractivity contribution in [1.82, 2.24) is 0 Å². The maximum Gasteiger partial charge on any atom is 0.0391 e. The molecule has 35 heavy (non-hydrogen) atoms. The SMILES string of the molecule is Cc1c(-c2cccc3sc4c(Cc5ccccc5)cccc4c23)ccc2ccc3ccccc3c12. The zero-order valence-corrected chi connectivity index (χ0v) is 20.4. The largest absolute Gasteiger partial charge is 0.135 e. The summed E-state index contributed by atoms with van der Waals surface area (Å²) in [4.78, 5) is 0. The van der Waals surface area contributed by atoms with Crippen LogP contribution in [0.4, 0.5) is 0 Å². The highest BCUT2D eigenvalue weighted by molar-refractivity contribution is 7.26. The van der Waals surface area contributed by atoms with Gasteiger partial charge in [-0.2, -0.15) is 0 Å². The Morgan fingerprint density at radius 2 is 1.29 bits per heavy atom. The number of hydrogen-bond acceptors (Lipinski definition) is 1. The van der Waals surface area contributed by atoms with E-state index >= 15 is 0 Å². The van der Waals surface area contributed by atoms with Crippen LogP contribution in [0.15, 0.2) is 115 Å². The van der Waals surface area contributed by atoms with Crippen LogP contribution in [0.25, 0.3) is 52.8 Å². The maximum absolute atomic E-state index is 2.32. The molecule has 0 spiro atoms. The first-order valence-electron chi connectivity index (χ1n) is 12.2. The summed E-state index contributed by atoms with van der Waals surface area (Å²) in [6, 6.07) is 42.2. The Kier molecular flexibility index (Phi) is 4.72. The highest BCUT2D eigenvalue weighted by atomic mass is 32.1. The van der Waals surface area contributed by atoms with Gasteiger partial charge in [-0.05, 0) is 68.8 Å². The van der Waals surface area contributed by atoms with Crippen molar-refractivity contribution in [3.63, 3.8) is 0 Å². The zero-order chi connectivity index (χ0) is 23.4. The van der Waals surface area contributed by atoms with Gasteiger partial charge in [0.2, 0.25) is 0 Å². The molecule has 7 rings (SSSR count). The number of benzene rings is 6. The van der Waals surface area contributed by atoms with Gasteiger partial charge in [-0.15, -0.1) is 11.3 Å². The molecule has 0 amide bonds. The summed E-state index contributed by atoms with van der Waals surface area (Å²) in [7, 11) is 0. The van der Waals surface area contributed by atoms with Crippen molar-refractivity contribution in [2.24, 2.45) is 0 Å². The summed E-state index contributed by atoms with van der Waals surface area (Å²) >= 11 is 1.93. The monoisotopic (exact) mass is 464 g/mol. The highest BCUT2D eigenvalue weighted by Gasteiger charge is 2.16. The van der Waals surface area contributed by atoms with E-state index in [0.29, 0.717) is 0 Å². The van der Waals surface area contributed by atoms with Crippen molar-refractivity contribution in [2.75, 3.05) is 0 Å². The van der Waals surface area contributed by atoms with E-state index in [4.69, 9.17) is 0 Å². The van der Waals surface area contributed by atoms with Crippen LogP contribution in [-0.2, 0) is 6.42 Å². The lowest BCUT2D eigenvalue weighted by molar-refractivity contribution is 1.22. The number of aryl methyl sites for hydroxylation is 1. The summed E-state index contributed by atoms with van der Waals surface area (Å²) in [5.74, 6) is 0. The van der Waals surface area contributed by atoms with E-state index in [2.05, 4.69) is 122 Å². The molecular weight excluding hydrogens is 440 g/mol. The van der Waals surface area contributed by atoms with Gasteiger partial charge in [-0.25, -0.2) is 0 Å². The minimum atomic E-state index is 0.960. The van der Waals surface area contributed by atoms with Crippen LogP contribution in [0.2, 0.25) is 0 Å². The molecule has 0 atom stereocenters. The molecule has 0 aliphatic rings. The predicted molar refractivity (Wildman–Crippen MR) is 154 cm³/mol.